The summed E-state index contributed by atoms with van der Waals surface area (Å²) in [5.74, 6) is 0.806. The van der Waals surface area contributed by atoms with E-state index in [0.29, 0.717) is 18.9 Å². The summed E-state index contributed by atoms with van der Waals surface area (Å²) in [6, 6.07) is 12.9. The molecule has 0 saturated carbocycles. The van der Waals surface area contributed by atoms with Crippen molar-refractivity contribution < 1.29 is 13.9 Å². The lowest BCUT2D eigenvalue weighted by molar-refractivity contribution is 0.0919. The highest BCUT2D eigenvalue weighted by Crippen LogP contribution is 2.18. The standard InChI is InChI=1S/C16H14N2O3/c19-16(15-4-2-9-21-15)18-8-10-20-13-5-6-14-12(11-13)3-1-7-17-14/h1-7,9,11H,8,10H2,(H,18,19). The quantitative estimate of drug-likeness (QED) is 0.731. The Kier molecular flexibility index (Phi) is 3.82. The first-order valence-electron chi connectivity index (χ1n) is 6.62. The zero-order valence-corrected chi connectivity index (χ0v) is 11.3. The number of rotatable bonds is 5. The van der Waals surface area contributed by atoms with Crippen molar-refractivity contribution in [2.24, 2.45) is 0 Å². The largest absolute Gasteiger partial charge is 0.492 e. The molecule has 2 heterocycles. The maximum Gasteiger partial charge on any atom is 0.287 e. The van der Waals surface area contributed by atoms with E-state index in [4.69, 9.17) is 9.15 Å². The van der Waals surface area contributed by atoms with E-state index in [-0.39, 0.29) is 5.91 Å². The van der Waals surface area contributed by atoms with E-state index in [1.807, 2.05) is 30.3 Å². The number of furan rings is 1. The van der Waals surface area contributed by atoms with Gasteiger partial charge < -0.3 is 14.5 Å². The van der Waals surface area contributed by atoms with Gasteiger partial charge in [-0.05, 0) is 36.4 Å². The second-order valence-corrected chi connectivity index (χ2v) is 4.44. The fourth-order valence-electron chi connectivity index (χ4n) is 1.97. The lowest BCUT2D eigenvalue weighted by Gasteiger charge is -2.07. The van der Waals surface area contributed by atoms with E-state index in [9.17, 15) is 4.79 Å². The van der Waals surface area contributed by atoms with Crippen LogP contribution in [0.3, 0.4) is 0 Å². The average Bonchev–Trinajstić information content (AvgIpc) is 3.06. The minimum absolute atomic E-state index is 0.244. The Morgan fingerprint density at radius 2 is 2.19 bits per heavy atom. The summed E-state index contributed by atoms with van der Waals surface area (Å²) in [7, 11) is 0. The topological polar surface area (TPSA) is 64.4 Å². The molecule has 5 heteroatoms. The maximum atomic E-state index is 11.6. The van der Waals surface area contributed by atoms with Gasteiger partial charge >= 0.3 is 0 Å². The number of hydrogen-bond acceptors (Lipinski definition) is 4. The molecule has 1 N–H and O–H groups in total. The van der Waals surface area contributed by atoms with E-state index in [2.05, 4.69) is 10.3 Å². The van der Waals surface area contributed by atoms with Gasteiger partial charge in [0.15, 0.2) is 5.76 Å². The number of aromatic nitrogens is 1. The summed E-state index contributed by atoms with van der Waals surface area (Å²) in [5.41, 5.74) is 0.927. The molecular formula is C16H14N2O3. The lowest BCUT2D eigenvalue weighted by atomic mass is 10.2. The molecule has 0 aliphatic heterocycles. The predicted molar refractivity (Wildman–Crippen MR) is 78.3 cm³/mol. The zero-order chi connectivity index (χ0) is 14.5. The molecule has 0 atom stereocenters. The Morgan fingerprint density at radius 1 is 1.24 bits per heavy atom. The van der Waals surface area contributed by atoms with E-state index in [1.54, 1.807) is 18.3 Å². The Bertz CT molecular complexity index is 738. The Morgan fingerprint density at radius 3 is 3.05 bits per heavy atom. The number of nitrogens with zero attached hydrogens (tertiary/aromatic N) is 1. The molecule has 5 nitrogen and oxygen atoms in total. The van der Waals surface area contributed by atoms with Gasteiger partial charge in [-0.1, -0.05) is 6.07 Å². The molecule has 0 fully saturated rings. The third kappa shape index (κ3) is 3.20. The van der Waals surface area contributed by atoms with Gasteiger partial charge in [0.1, 0.15) is 12.4 Å². The van der Waals surface area contributed by atoms with Crippen molar-refractivity contribution in [2.75, 3.05) is 13.2 Å². The number of amides is 1. The van der Waals surface area contributed by atoms with Crippen LogP contribution in [0.2, 0.25) is 0 Å². The van der Waals surface area contributed by atoms with Crippen LogP contribution in [0.1, 0.15) is 10.6 Å². The number of ether oxygens (including phenoxy) is 1. The van der Waals surface area contributed by atoms with Gasteiger partial charge in [0, 0.05) is 11.6 Å². The molecule has 0 bridgehead atoms. The highest BCUT2D eigenvalue weighted by Gasteiger charge is 2.06. The smallest absolute Gasteiger partial charge is 0.287 e. The molecule has 0 saturated heterocycles. The van der Waals surface area contributed by atoms with Crippen LogP contribution < -0.4 is 10.1 Å². The molecule has 3 rings (SSSR count). The van der Waals surface area contributed by atoms with Crippen LogP contribution >= 0.6 is 0 Å². The first kappa shape index (κ1) is 13.2. The van der Waals surface area contributed by atoms with Crippen molar-refractivity contribution >= 4 is 16.8 Å². The number of carbonyl (C=O) groups excluding carboxylic acids is 1. The van der Waals surface area contributed by atoms with E-state index >= 15 is 0 Å². The molecule has 3 aromatic rings. The van der Waals surface area contributed by atoms with Crippen molar-refractivity contribution in [2.45, 2.75) is 0 Å². The highest BCUT2D eigenvalue weighted by atomic mass is 16.5. The summed E-state index contributed by atoms with van der Waals surface area (Å²) in [6.07, 6.45) is 3.22. The number of nitrogens with one attached hydrogen (secondary N) is 1. The first-order valence-corrected chi connectivity index (χ1v) is 6.62. The summed E-state index contributed by atoms with van der Waals surface area (Å²) < 4.78 is 10.6. The number of benzene rings is 1. The van der Waals surface area contributed by atoms with Crippen LogP contribution in [0.4, 0.5) is 0 Å². The summed E-state index contributed by atoms with van der Waals surface area (Å²) in [4.78, 5) is 15.9. The van der Waals surface area contributed by atoms with Crippen LogP contribution in [-0.2, 0) is 0 Å². The van der Waals surface area contributed by atoms with E-state index in [0.717, 1.165) is 16.7 Å². The van der Waals surface area contributed by atoms with Gasteiger partial charge in [-0.15, -0.1) is 0 Å². The fourth-order valence-corrected chi connectivity index (χ4v) is 1.97. The molecule has 2 aromatic heterocycles. The summed E-state index contributed by atoms with van der Waals surface area (Å²) in [5, 5.41) is 3.75. The molecule has 0 unspecified atom stereocenters. The van der Waals surface area contributed by atoms with Gasteiger partial charge in [0.2, 0.25) is 0 Å². The minimum Gasteiger partial charge on any atom is -0.492 e. The maximum absolute atomic E-state index is 11.6. The van der Waals surface area contributed by atoms with E-state index < -0.39 is 0 Å². The number of hydrogen-bond donors (Lipinski definition) is 1. The first-order chi connectivity index (χ1) is 10.3. The predicted octanol–water partition coefficient (Wildman–Crippen LogP) is 2.64. The molecule has 1 aromatic carbocycles. The van der Waals surface area contributed by atoms with Crippen LogP contribution in [0.5, 0.6) is 5.75 Å². The van der Waals surface area contributed by atoms with Crippen LogP contribution in [0, 0.1) is 0 Å². The van der Waals surface area contributed by atoms with Crippen molar-refractivity contribution in [1.29, 1.82) is 0 Å². The molecule has 0 aliphatic rings. The molecule has 1 amide bonds. The van der Waals surface area contributed by atoms with Gasteiger partial charge in [0.25, 0.3) is 5.91 Å². The zero-order valence-electron chi connectivity index (χ0n) is 11.3. The summed E-state index contributed by atoms with van der Waals surface area (Å²) >= 11 is 0. The van der Waals surface area contributed by atoms with Gasteiger partial charge in [0.05, 0.1) is 18.3 Å². The van der Waals surface area contributed by atoms with Crippen molar-refractivity contribution in [3.8, 4) is 5.75 Å². The van der Waals surface area contributed by atoms with Crippen molar-refractivity contribution in [1.82, 2.24) is 10.3 Å². The second-order valence-electron chi connectivity index (χ2n) is 4.44. The van der Waals surface area contributed by atoms with Crippen LogP contribution in [0.15, 0.2) is 59.3 Å². The molecule has 106 valence electrons. The third-order valence-electron chi connectivity index (χ3n) is 2.98. The van der Waals surface area contributed by atoms with Crippen molar-refractivity contribution in [3.05, 3.63) is 60.7 Å². The Balaban J connectivity index is 1.51. The molecule has 0 spiro atoms. The second kappa shape index (κ2) is 6.09. The Labute approximate surface area is 121 Å². The number of fused-ring (bicyclic) bond motifs is 1. The summed E-state index contributed by atoms with van der Waals surface area (Å²) in [6.45, 7) is 0.794. The molecular weight excluding hydrogens is 268 g/mol. The van der Waals surface area contributed by atoms with E-state index in [1.165, 1.54) is 6.26 Å². The van der Waals surface area contributed by atoms with Gasteiger partial charge in [-0.3, -0.25) is 9.78 Å². The van der Waals surface area contributed by atoms with Gasteiger partial charge in [-0.25, -0.2) is 0 Å². The molecule has 21 heavy (non-hydrogen) atoms. The van der Waals surface area contributed by atoms with Crippen LogP contribution in [-0.4, -0.2) is 24.0 Å². The lowest BCUT2D eigenvalue weighted by Crippen LogP contribution is -2.27. The normalized spacial score (nSPS) is 10.5. The van der Waals surface area contributed by atoms with Crippen molar-refractivity contribution in [3.63, 3.8) is 0 Å². The highest BCUT2D eigenvalue weighted by molar-refractivity contribution is 5.91. The average molecular weight is 282 g/mol. The fraction of sp³-hybridized carbons (Fsp3) is 0.125. The minimum atomic E-state index is -0.244. The number of pyridine rings is 1. The Hall–Kier alpha value is -2.82. The monoisotopic (exact) mass is 282 g/mol. The molecule has 0 radical (unpaired) electrons. The van der Waals surface area contributed by atoms with Gasteiger partial charge in [-0.2, -0.15) is 0 Å². The molecule has 0 aliphatic carbocycles. The number of carbonyl (C=O) groups is 1. The SMILES string of the molecule is O=C(NCCOc1ccc2ncccc2c1)c1ccco1. The third-order valence-corrected chi connectivity index (χ3v) is 2.98. The van der Waals surface area contributed by atoms with Crippen LogP contribution in [0.25, 0.3) is 10.9 Å².